The highest BCUT2D eigenvalue weighted by atomic mass is 35.5. The maximum Gasteiger partial charge on any atom is 0.259 e. The lowest BCUT2D eigenvalue weighted by atomic mass is 10.0. The highest BCUT2D eigenvalue weighted by Crippen LogP contribution is 2.31. The second kappa shape index (κ2) is 7.32. The number of nitrogens with two attached hydrogens (primary N) is 1. The van der Waals surface area contributed by atoms with E-state index >= 15 is 0 Å². The number of aromatic nitrogens is 2. The fourth-order valence-electron chi connectivity index (χ4n) is 3.67. The molecule has 1 atom stereocenters. The van der Waals surface area contributed by atoms with Crippen LogP contribution in [0.1, 0.15) is 34.0 Å². The van der Waals surface area contributed by atoms with Crippen molar-refractivity contribution in [1.82, 2.24) is 15.0 Å². The van der Waals surface area contributed by atoms with E-state index in [1.165, 1.54) is 0 Å². The van der Waals surface area contributed by atoms with Gasteiger partial charge in [0.05, 0.1) is 22.3 Å². The van der Waals surface area contributed by atoms with E-state index in [9.17, 15) is 4.79 Å². The molecule has 3 aromatic heterocycles. The SMILES string of the molecule is Cc1cc(-c2cc(C(=O)N3CCC(CN)C3)c3c(C)noc3n2)c(C)o1.Cl. The molecule has 0 spiro atoms. The molecule has 0 aromatic carbocycles. The van der Waals surface area contributed by atoms with Crippen molar-refractivity contribution in [1.29, 1.82) is 0 Å². The van der Waals surface area contributed by atoms with E-state index in [1.54, 1.807) is 0 Å². The molecule has 0 radical (unpaired) electrons. The van der Waals surface area contributed by atoms with Crippen LogP contribution in [0.5, 0.6) is 0 Å². The third-order valence-corrected chi connectivity index (χ3v) is 5.07. The van der Waals surface area contributed by atoms with Crippen molar-refractivity contribution in [2.75, 3.05) is 19.6 Å². The van der Waals surface area contributed by atoms with Gasteiger partial charge < -0.3 is 19.6 Å². The van der Waals surface area contributed by atoms with Gasteiger partial charge in [0, 0.05) is 18.7 Å². The fraction of sp³-hybridized carbons (Fsp3) is 0.421. The van der Waals surface area contributed by atoms with Crippen molar-refractivity contribution in [3.8, 4) is 11.3 Å². The number of halogens is 1. The molecule has 1 aliphatic rings. The summed E-state index contributed by atoms with van der Waals surface area (Å²) in [7, 11) is 0. The van der Waals surface area contributed by atoms with Crippen LogP contribution in [-0.4, -0.2) is 40.6 Å². The normalized spacial score (nSPS) is 16.7. The van der Waals surface area contributed by atoms with Crippen molar-refractivity contribution in [2.24, 2.45) is 11.7 Å². The Morgan fingerprint density at radius 2 is 2.11 bits per heavy atom. The van der Waals surface area contributed by atoms with Crippen LogP contribution in [0.2, 0.25) is 0 Å². The minimum absolute atomic E-state index is 0. The molecule has 4 rings (SSSR count). The lowest BCUT2D eigenvalue weighted by Crippen LogP contribution is -2.30. The smallest absolute Gasteiger partial charge is 0.259 e. The standard InChI is InChI=1S/C19H22N4O3.ClH/c1-10-6-14(12(3)25-10)16-7-15(17-11(2)22-26-18(17)21-16)19(24)23-5-4-13(8-20)9-23;/h6-7,13H,4-5,8-9,20H2,1-3H3;1H. The second-order valence-electron chi connectivity index (χ2n) is 6.97. The van der Waals surface area contributed by atoms with Crippen LogP contribution in [0.4, 0.5) is 0 Å². The molecule has 1 saturated heterocycles. The second-order valence-corrected chi connectivity index (χ2v) is 6.97. The summed E-state index contributed by atoms with van der Waals surface area (Å²) < 4.78 is 11.0. The number of carbonyl (C=O) groups excluding carboxylic acids is 1. The van der Waals surface area contributed by atoms with Crippen molar-refractivity contribution < 1.29 is 13.7 Å². The summed E-state index contributed by atoms with van der Waals surface area (Å²) in [5, 5.41) is 4.68. The largest absolute Gasteiger partial charge is 0.466 e. The van der Waals surface area contributed by atoms with Crippen molar-refractivity contribution in [2.45, 2.75) is 27.2 Å². The van der Waals surface area contributed by atoms with Gasteiger partial charge in [-0.05, 0) is 51.8 Å². The first-order valence-electron chi connectivity index (χ1n) is 8.81. The summed E-state index contributed by atoms with van der Waals surface area (Å²) in [5.41, 5.74) is 8.88. The fourth-order valence-corrected chi connectivity index (χ4v) is 3.67. The van der Waals surface area contributed by atoms with Gasteiger partial charge in [-0.3, -0.25) is 4.79 Å². The van der Waals surface area contributed by atoms with Gasteiger partial charge in [0.25, 0.3) is 11.6 Å². The molecule has 1 aliphatic heterocycles. The first-order chi connectivity index (χ1) is 12.5. The van der Waals surface area contributed by atoms with Crippen LogP contribution >= 0.6 is 12.4 Å². The minimum atomic E-state index is -0.0289. The Bertz CT molecular complexity index is 994. The van der Waals surface area contributed by atoms with Crippen molar-refractivity contribution in [3.63, 3.8) is 0 Å². The van der Waals surface area contributed by atoms with E-state index in [0.29, 0.717) is 53.6 Å². The number of hydrogen-bond donors (Lipinski definition) is 1. The van der Waals surface area contributed by atoms with E-state index in [4.69, 9.17) is 14.7 Å². The van der Waals surface area contributed by atoms with Crippen molar-refractivity contribution in [3.05, 3.63) is 34.9 Å². The Morgan fingerprint density at radius 1 is 1.33 bits per heavy atom. The topological polar surface area (TPSA) is 98.4 Å². The molecule has 2 N–H and O–H groups in total. The third-order valence-electron chi connectivity index (χ3n) is 5.07. The average molecular weight is 391 g/mol. The van der Waals surface area contributed by atoms with E-state index in [1.807, 2.05) is 37.8 Å². The number of fused-ring (bicyclic) bond motifs is 1. The minimum Gasteiger partial charge on any atom is -0.466 e. The summed E-state index contributed by atoms with van der Waals surface area (Å²) >= 11 is 0. The van der Waals surface area contributed by atoms with Crippen LogP contribution < -0.4 is 5.73 Å². The van der Waals surface area contributed by atoms with E-state index in [2.05, 4.69) is 10.1 Å². The van der Waals surface area contributed by atoms with Gasteiger partial charge in [0.15, 0.2) is 0 Å². The summed E-state index contributed by atoms with van der Waals surface area (Å²) in [4.78, 5) is 19.6. The number of likely N-dealkylation sites (tertiary alicyclic amines) is 1. The molecule has 7 nitrogen and oxygen atoms in total. The average Bonchev–Trinajstić information content (AvgIpc) is 3.32. The Kier molecular flexibility index (Phi) is 5.26. The molecule has 1 amide bonds. The Hall–Kier alpha value is -2.38. The van der Waals surface area contributed by atoms with Crippen LogP contribution in [0, 0.1) is 26.7 Å². The first-order valence-corrected chi connectivity index (χ1v) is 8.81. The molecule has 0 aliphatic carbocycles. The van der Waals surface area contributed by atoms with Gasteiger partial charge in [0.2, 0.25) is 0 Å². The summed E-state index contributed by atoms with van der Waals surface area (Å²) in [6.45, 7) is 7.59. The zero-order valence-electron chi connectivity index (χ0n) is 15.6. The van der Waals surface area contributed by atoms with Gasteiger partial charge in [0.1, 0.15) is 11.5 Å². The summed E-state index contributed by atoms with van der Waals surface area (Å²) in [6, 6.07) is 3.74. The third kappa shape index (κ3) is 3.33. The number of nitrogens with zero attached hydrogens (tertiary/aromatic N) is 3. The summed E-state index contributed by atoms with van der Waals surface area (Å²) in [6.07, 6.45) is 0.936. The number of pyridine rings is 1. The lowest BCUT2D eigenvalue weighted by molar-refractivity contribution is 0.0789. The lowest BCUT2D eigenvalue weighted by Gasteiger charge is -2.17. The maximum absolute atomic E-state index is 13.2. The van der Waals surface area contributed by atoms with Gasteiger partial charge in [-0.1, -0.05) is 5.16 Å². The number of rotatable bonds is 3. The number of aryl methyl sites for hydroxylation is 3. The molecular formula is C19H23ClN4O3. The van der Waals surface area contributed by atoms with Crippen LogP contribution in [0.25, 0.3) is 22.4 Å². The van der Waals surface area contributed by atoms with E-state index in [0.717, 1.165) is 23.5 Å². The predicted molar refractivity (Wildman–Crippen MR) is 104 cm³/mol. The van der Waals surface area contributed by atoms with Gasteiger partial charge >= 0.3 is 0 Å². The molecular weight excluding hydrogens is 368 g/mol. The zero-order chi connectivity index (χ0) is 18.4. The first kappa shape index (κ1) is 19.4. The molecule has 3 aromatic rings. The highest BCUT2D eigenvalue weighted by molar-refractivity contribution is 6.07. The van der Waals surface area contributed by atoms with E-state index < -0.39 is 0 Å². The van der Waals surface area contributed by atoms with Crippen LogP contribution in [0.15, 0.2) is 21.1 Å². The number of carbonyl (C=O) groups is 1. The van der Waals surface area contributed by atoms with Crippen LogP contribution in [0.3, 0.4) is 0 Å². The van der Waals surface area contributed by atoms with Gasteiger partial charge in [-0.2, -0.15) is 0 Å². The predicted octanol–water partition coefficient (Wildman–Crippen LogP) is 3.25. The van der Waals surface area contributed by atoms with E-state index in [-0.39, 0.29) is 18.3 Å². The maximum atomic E-state index is 13.2. The summed E-state index contributed by atoms with van der Waals surface area (Å²) in [5.74, 6) is 1.89. The Balaban J connectivity index is 0.00000210. The molecule has 1 unspecified atom stereocenters. The number of amides is 1. The molecule has 0 saturated carbocycles. The zero-order valence-corrected chi connectivity index (χ0v) is 16.4. The monoisotopic (exact) mass is 390 g/mol. The number of furan rings is 1. The number of hydrogen-bond acceptors (Lipinski definition) is 6. The molecule has 27 heavy (non-hydrogen) atoms. The molecule has 144 valence electrons. The quantitative estimate of drug-likeness (QED) is 0.737. The molecule has 8 heteroatoms. The molecule has 1 fully saturated rings. The molecule has 0 bridgehead atoms. The van der Waals surface area contributed by atoms with Gasteiger partial charge in [-0.25, -0.2) is 4.98 Å². The van der Waals surface area contributed by atoms with Crippen LogP contribution in [-0.2, 0) is 0 Å². The highest BCUT2D eigenvalue weighted by Gasteiger charge is 2.29. The Morgan fingerprint density at radius 3 is 2.74 bits per heavy atom. The molecule has 4 heterocycles. The Labute approximate surface area is 163 Å². The van der Waals surface area contributed by atoms with Crippen molar-refractivity contribution >= 4 is 29.4 Å². The van der Waals surface area contributed by atoms with Gasteiger partial charge in [-0.15, -0.1) is 12.4 Å².